The summed E-state index contributed by atoms with van der Waals surface area (Å²) in [6.07, 6.45) is 4.05. The third-order valence-corrected chi connectivity index (χ3v) is 5.78. The number of pyridine rings is 1. The van der Waals surface area contributed by atoms with E-state index < -0.39 is 0 Å². The van der Waals surface area contributed by atoms with Crippen LogP contribution >= 0.6 is 0 Å². The molecule has 0 amide bonds. The molecule has 2 heterocycles. The molecule has 0 saturated carbocycles. The number of nitrogens with one attached hydrogen (secondary N) is 2. The molecule has 1 fully saturated rings. The average molecular weight is 408 g/mol. The van der Waals surface area contributed by atoms with Gasteiger partial charge in [-0.3, -0.25) is 4.98 Å². The average Bonchev–Trinajstić information content (AvgIpc) is 2.73. The van der Waals surface area contributed by atoms with Crippen LogP contribution in [0.15, 0.2) is 47.6 Å². The van der Waals surface area contributed by atoms with Crippen molar-refractivity contribution in [1.82, 2.24) is 15.6 Å². The van der Waals surface area contributed by atoms with Gasteiger partial charge in [-0.25, -0.2) is 4.99 Å². The normalized spacial score (nSPS) is 15.9. The third kappa shape index (κ3) is 5.97. The first kappa shape index (κ1) is 22.1. The van der Waals surface area contributed by atoms with Crippen molar-refractivity contribution in [2.75, 3.05) is 24.5 Å². The van der Waals surface area contributed by atoms with Gasteiger partial charge in [-0.1, -0.05) is 39.0 Å². The second-order valence-electron chi connectivity index (χ2n) is 9.16. The lowest BCUT2D eigenvalue weighted by Gasteiger charge is -2.35. The molecule has 30 heavy (non-hydrogen) atoms. The molecule has 0 unspecified atom stereocenters. The zero-order chi connectivity index (χ0) is 21.6. The van der Waals surface area contributed by atoms with Gasteiger partial charge in [0.05, 0.1) is 12.2 Å². The lowest BCUT2D eigenvalue weighted by molar-refractivity contribution is 0.461. The Morgan fingerprint density at radius 1 is 1.13 bits per heavy atom. The number of hydrogen-bond acceptors (Lipinski definition) is 3. The van der Waals surface area contributed by atoms with Crippen LogP contribution in [0.25, 0.3) is 0 Å². The Hall–Kier alpha value is -2.56. The Balaban J connectivity index is 1.55. The van der Waals surface area contributed by atoms with Crippen molar-refractivity contribution in [2.45, 2.75) is 65.5 Å². The standard InChI is InChI=1S/C25H37N5/c1-6-26-24(28-18-23-19(2)8-7-15-27-23)29-21-13-16-30(17-14-21)22-11-9-20(10-12-22)25(3,4)5/h7-12,15,21H,6,13-14,16-18H2,1-5H3,(H2,26,28,29). The smallest absolute Gasteiger partial charge is 0.191 e. The number of rotatable bonds is 5. The molecule has 3 rings (SSSR count). The van der Waals surface area contributed by atoms with Crippen LogP contribution in [-0.4, -0.2) is 36.6 Å². The SMILES string of the molecule is CCNC(=NCc1ncccc1C)NC1CCN(c2ccc(C(C)(C)C)cc2)CC1. The van der Waals surface area contributed by atoms with E-state index in [1.54, 1.807) is 0 Å². The summed E-state index contributed by atoms with van der Waals surface area (Å²) in [7, 11) is 0. The van der Waals surface area contributed by atoms with Gasteiger partial charge in [0.1, 0.15) is 0 Å². The number of guanidine groups is 1. The fourth-order valence-electron chi connectivity index (χ4n) is 3.81. The maximum atomic E-state index is 4.77. The summed E-state index contributed by atoms with van der Waals surface area (Å²) in [4.78, 5) is 11.7. The van der Waals surface area contributed by atoms with Crippen molar-refractivity contribution in [1.29, 1.82) is 0 Å². The number of benzene rings is 1. The predicted octanol–water partition coefficient (Wildman–Crippen LogP) is 4.41. The number of aliphatic imine (C=N–C) groups is 1. The molecule has 1 aliphatic rings. The van der Waals surface area contributed by atoms with Crippen LogP contribution in [0.5, 0.6) is 0 Å². The summed E-state index contributed by atoms with van der Waals surface area (Å²) >= 11 is 0. The van der Waals surface area contributed by atoms with Gasteiger partial charge in [-0.2, -0.15) is 0 Å². The van der Waals surface area contributed by atoms with E-state index in [2.05, 4.69) is 85.5 Å². The topological polar surface area (TPSA) is 52.6 Å². The Morgan fingerprint density at radius 3 is 2.43 bits per heavy atom. The highest BCUT2D eigenvalue weighted by molar-refractivity contribution is 5.80. The Labute approximate surface area is 182 Å². The first-order valence-electron chi connectivity index (χ1n) is 11.2. The predicted molar refractivity (Wildman–Crippen MR) is 127 cm³/mol. The van der Waals surface area contributed by atoms with E-state index >= 15 is 0 Å². The summed E-state index contributed by atoms with van der Waals surface area (Å²) in [5.41, 5.74) is 5.13. The van der Waals surface area contributed by atoms with Crippen LogP contribution in [0.2, 0.25) is 0 Å². The summed E-state index contributed by atoms with van der Waals surface area (Å²) in [6, 6.07) is 13.6. The van der Waals surface area contributed by atoms with Crippen LogP contribution in [0.4, 0.5) is 5.69 Å². The highest BCUT2D eigenvalue weighted by Crippen LogP contribution is 2.26. The van der Waals surface area contributed by atoms with Gasteiger partial charge in [-0.15, -0.1) is 0 Å². The van der Waals surface area contributed by atoms with Gasteiger partial charge in [-0.05, 0) is 61.4 Å². The van der Waals surface area contributed by atoms with Crippen LogP contribution in [0.1, 0.15) is 57.4 Å². The van der Waals surface area contributed by atoms with Crippen molar-refractivity contribution < 1.29 is 0 Å². The Bertz CT molecular complexity index is 827. The summed E-state index contributed by atoms with van der Waals surface area (Å²) in [5, 5.41) is 7.01. The van der Waals surface area contributed by atoms with Gasteiger partial charge in [0.15, 0.2) is 5.96 Å². The number of hydrogen-bond donors (Lipinski definition) is 2. The number of aromatic nitrogens is 1. The molecule has 2 N–H and O–H groups in total. The molecule has 162 valence electrons. The molecule has 0 radical (unpaired) electrons. The Morgan fingerprint density at radius 2 is 1.83 bits per heavy atom. The van der Waals surface area contributed by atoms with Crippen molar-refractivity contribution in [3.05, 3.63) is 59.4 Å². The zero-order valence-corrected chi connectivity index (χ0v) is 19.2. The lowest BCUT2D eigenvalue weighted by Crippen LogP contribution is -2.48. The van der Waals surface area contributed by atoms with Crippen LogP contribution in [0.3, 0.4) is 0 Å². The van der Waals surface area contributed by atoms with Gasteiger partial charge in [0.2, 0.25) is 0 Å². The number of piperidine rings is 1. The number of anilines is 1. The zero-order valence-electron chi connectivity index (χ0n) is 19.2. The molecule has 0 atom stereocenters. The first-order valence-corrected chi connectivity index (χ1v) is 11.2. The molecule has 1 aromatic carbocycles. The van der Waals surface area contributed by atoms with Crippen molar-refractivity contribution in [3.63, 3.8) is 0 Å². The molecule has 0 spiro atoms. The van der Waals surface area contributed by atoms with Gasteiger partial charge < -0.3 is 15.5 Å². The molecule has 1 saturated heterocycles. The van der Waals surface area contributed by atoms with Crippen molar-refractivity contribution >= 4 is 11.6 Å². The molecule has 5 nitrogen and oxygen atoms in total. The van der Waals surface area contributed by atoms with Crippen LogP contribution in [0, 0.1) is 6.92 Å². The minimum Gasteiger partial charge on any atom is -0.371 e. The van der Waals surface area contributed by atoms with Gasteiger partial charge in [0.25, 0.3) is 0 Å². The van der Waals surface area contributed by atoms with E-state index in [4.69, 9.17) is 4.99 Å². The second-order valence-corrected chi connectivity index (χ2v) is 9.16. The molecule has 0 bridgehead atoms. The van der Waals surface area contributed by atoms with E-state index in [0.717, 1.165) is 44.1 Å². The van der Waals surface area contributed by atoms with E-state index in [1.807, 2.05) is 12.3 Å². The quantitative estimate of drug-likeness (QED) is 0.569. The first-order chi connectivity index (χ1) is 14.4. The maximum Gasteiger partial charge on any atom is 0.191 e. The van der Waals surface area contributed by atoms with Crippen LogP contribution in [-0.2, 0) is 12.0 Å². The molecular formula is C25H37N5. The second kappa shape index (κ2) is 9.96. The van der Waals surface area contributed by atoms with Gasteiger partial charge in [0, 0.05) is 37.6 Å². The molecule has 5 heteroatoms. The third-order valence-electron chi connectivity index (χ3n) is 5.78. The molecule has 1 aliphatic heterocycles. The highest BCUT2D eigenvalue weighted by Gasteiger charge is 2.21. The van der Waals surface area contributed by atoms with Crippen molar-refractivity contribution in [2.24, 2.45) is 4.99 Å². The fraction of sp³-hybridized carbons (Fsp3) is 0.520. The minimum atomic E-state index is 0.200. The van der Waals surface area contributed by atoms with Crippen LogP contribution < -0.4 is 15.5 Å². The fourth-order valence-corrected chi connectivity index (χ4v) is 3.81. The summed E-state index contributed by atoms with van der Waals surface area (Å²) in [6.45, 7) is 14.5. The van der Waals surface area contributed by atoms with E-state index in [9.17, 15) is 0 Å². The number of nitrogens with zero attached hydrogens (tertiary/aromatic N) is 3. The monoisotopic (exact) mass is 407 g/mol. The molecule has 0 aliphatic carbocycles. The molecule has 1 aromatic heterocycles. The van der Waals surface area contributed by atoms with Gasteiger partial charge >= 0.3 is 0 Å². The van der Waals surface area contributed by atoms with E-state index in [0.29, 0.717) is 12.6 Å². The lowest BCUT2D eigenvalue weighted by atomic mass is 9.87. The maximum absolute atomic E-state index is 4.77. The van der Waals surface area contributed by atoms with Crippen molar-refractivity contribution in [3.8, 4) is 0 Å². The Kier molecular flexibility index (Phi) is 7.35. The minimum absolute atomic E-state index is 0.200. The summed E-state index contributed by atoms with van der Waals surface area (Å²) < 4.78 is 0. The number of aryl methyl sites for hydroxylation is 1. The van der Waals surface area contributed by atoms with E-state index in [-0.39, 0.29) is 5.41 Å². The van der Waals surface area contributed by atoms with E-state index in [1.165, 1.54) is 16.8 Å². The largest absolute Gasteiger partial charge is 0.371 e. The molecular weight excluding hydrogens is 370 g/mol. The molecule has 2 aromatic rings. The summed E-state index contributed by atoms with van der Waals surface area (Å²) in [5.74, 6) is 0.885. The highest BCUT2D eigenvalue weighted by atomic mass is 15.2.